The molecule has 0 saturated carbocycles. The van der Waals surface area contributed by atoms with E-state index < -0.39 is 0 Å². The molecule has 0 amide bonds. The second-order valence-electron chi connectivity index (χ2n) is 3.92. The molecule has 78 valence electrons. The standard InChI is InChI=1S/C10H17N3O/c1-7(11)10-12-8(6-14)9-4-2-3-5-13(9)10/h7,14H,2-6,11H2,1H3. The van der Waals surface area contributed by atoms with Gasteiger partial charge in [-0.1, -0.05) is 0 Å². The maximum Gasteiger partial charge on any atom is 0.126 e. The predicted octanol–water partition coefficient (Wildman–Crippen LogP) is 0.731. The molecule has 1 unspecified atom stereocenters. The van der Waals surface area contributed by atoms with Gasteiger partial charge < -0.3 is 15.4 Å². The second kappa shape index (κ2) is 3.71. The maximum atomic E-state index is 9.17. The van der Waals surface area contributed by atoms with Crippen molar-refractivity contribution in [2.45, 2.75) is 45.4 Å². The molecule has 2 rings (SSSR count). The normalized spacial score (nSPS) is 17.9. The van der Waals surface area contributed by atoms with Gasteiger partial charge in [0.25, 0.3) is 0 Å². The molecule has 2 heterocycles. The number of aliphatic hydroxyl groups excluding tert-OH is 1. The number of rotatable bonds is 2. The first-order chi connectivity index (χ1) is 6.74. The fourth-order valence-corrected chi connectivity index (χ4v) is 2.12. The van der Waals surface area contributed by atoms with Crippen LogP contribution in [0.25, 0.3) is 0 Å². The van der Waals surface area contributed by atoms with Crippen LogP contribution in [0.3, 0.4) is 0 Å². The van der Waals surface area contributed by atoms with Crippen molar-refractivity contribution in [2.24, 2.45) is 5.73 Å². The van der Waals surface area contributed by atoms with Crippen LogP contribution in [-0.4, -0.2) is 14.7 Å². The van der Waals surface area contributed by atoms with Crippen molar-refractivity contribution in [3.8, 4) is 0 Å². The minimum atomic E-state index is -0.0489. The van der Waals surface area contributed by atoms with Crippen molar-refractivity contribution in [1.29, 1.82) is 0 Å². The Morgan fingerprint density at radius 3 is 3.00 bits per heavy atom. The van der Waals surface area contributed by atoms with E-state index in [0.29, 0.717) is 0 Å². The lowest BCUT2D eigenvalue weighted by Crippen LogP contribution is -2.18. The molecule has 1 aromatic heterocycles. The fourth-order valence-electron chi connectivity index (χ4n) is 2.12. The summed E-state index contributed by atoms with van der Waals surface area (Å²) in [4.78, 5) is 4.40. The molecule has 1 aliphatic heterocycles. The van der Waals surface area contributed by atoms with Crippen LogP contribution >= 0.6 is 0 Å². The molecule has 0 bridgehead atoms. The molecule has 0 spiro atoms. The number of hydrogen-bond donors (Lipinski definition) is 2. The first kappa shape index (κ1) is 9.68. The highest BCUT2D eigenvalue weighted by Crippen LogP contribution is 2.23. The van der Waals surface area contributed by atoms with Gasteiger partial charge in [0.1, 0.15) is 5.82 Å². The van der Waals surface area contributed by atoms with Crippen LogP contribution in [0.1, 0.15) is 43.0 Å². The molecular weight excluding hydrogens is 178 g/mol. The molecule has 0 aromatic carbocycles. The van der Waals surface area contributed by atoms with E-state index in [1.807, 2.05) is 6.92 Å². The third kappa shape index (κ3) is 1.44. The topological polar surface area (TPSA) is 64.1 Å². The van der Waals surface area contributed by atoms with Gasteiger partial charge in [-0.2, -0.15) is 0 Å². The summed E-state index contributed by atoms with van der Waals surface area (Å²) in [6, 6.07) is -0.0489. The van der Waals surface area contributed by atoms with Gasteiger partial charge in [0, 0.05) is 12.2 Å². The van der Waals surface area contributed by atoms with Crippen molar-refractivity contribution in [2.75, 3.05) is 0 Å². The molecule has 14 heavy (non-hydrogen) atoms. The van der Waals surface area contributed by atoms with E-state index >= 15 is 0 Å². The molecule has 1 aromatic rings. The zero-order chi connectivity index (χ0) is 10.1. The van der Waals surface area contributed by atoms with Crippen molar-refractivity contribution < 1.29 is 5.11 Å². The SMILES string of the molecule is CC(N)c1nc(CO)c2n1CCCC2. The van der Waals surface area contributed by atoms with Gasteiger partial charge in [-0.05, 0) is 26.2 Å². The Morgan fingerprint density at radius 1 is 1.57 bits per heavy atom. The van der Waals surface area contributed by atoms with Crippen LogP contribution in [0.2, 0.25) is 0 Å². The Morgan fingerprint density at radius 2 is 2.36 bits per heavy atom. The van der Waals surface area contributed by atoms with E-state index in [4.69, 9.17) is 5.73 Å². The highest BCUT2D eigenvalue weighted by atomic mass is 16.3. The third-order valence-corrected chi connectivity index (χ3v) is 2.79. The van der Waals surface area contributed by atoms with E-state index in [2.05, 4.69) is 9.55 Å². The van der Waals surface area contributed by atoms with Gasteiger partial charge in [0.05, 0.1) is 18.3 Å². The third-order valence-electron chi connectivity index (χ3n) is 2.79. The van der Waals surface area contributed by atoms with Crippen molar-refractivity contribution in [1.82, 2.24) is 9.55 Å². The molecule has 0 aliphatic carbocycles. The molecule has 1 atom stereocenters. The second-order valence-corrected chi connectivity index (χ2v) is 3.92. The highest BCUT2D eigenvalue weighted by molar-refractivity contribution is 5.20. The zero-order valence-electron chi connectivity index (χ0n) is 8.53. The Bertz CT molecular complexity index is 330. The van der Waals surface area contributed by atoms with Crippen LogP contribution in [0, 0.1) is 0 Å². The van der Waals surface area contributed by atoms with Crippen molar-refractivity contribution in [3.63, 3.8) is 0 Å². The summed E-state index contributed by atoms with van der Waals surface area (Å²) < 4.78 is 2.18. The lowest BCUT2D eigenvalue weighted by molar-refractivity contribution is 0.275. The molecule has 4 heteroatoms. The van der Waals surface area contributed by atoms with E-state index in [0.717, 1.165) is 24.5 Å². The summed E-state index contributed by atoms with van der Waals surface area (Å²) in [6.45, 7) is 2.96. The quantitative estimate of drug-likeness (QED) is 0.731. The summed E-state index contributed by atoms with van der Waals surface area (Å²) in [7, 11) is 0. The first-order valence-electron chi connectivity index (χ1n) is 5.18. The van der Waals surface area contributed by atoms with Gasteiger partial charge in [-0.15, -0.1) is 0 Å². The lowest BCUT2D eigenvalue weighted by atomic mass is 10.1. The predicted molar refractivity (Wildman–Crippen MR) is 53.7 cm³/mol. The number of aromatic nitrogens is 2. The smallest absolute Gasteiger partial charge is 0.126 e. The van der Waals surface area contributed by atoms with Crippen LogP contribution in [0.15, 0.2) is 0 Å². The van der Waals surface area contributed by atoms with Crippen molar-refractivity contribution in [3.05, 3.63) is 17.2 Å². The first-order valence-corrected chi connectivity index (χ1v) is 5.18. The number of hydrogen-bond acceptors (Lipinski definition) is 3. The zero-order valence-corrected chi connectivity index (χ0v) is 8.53. The number of nitrogens with zero attached hydrogens (tertiary/aromatic N) is 2. The molecule has 1 aliphatic rings. The maximum absolute atomic E-state index is 9.17. The Hall–Kier alpha value is -0.870. The number of imidazole rings is 1. The van der Waals surface area contributed by atoms with Gasteiger partial charge in [-0.25, -0.2) is 4.98 Å². The van der Waals surface area contributed by atoms with Crippen LogP contribution < -0.4 is 5.73 Å². The van der Waals surface area contributed by atoms with Crippen LogP contribution in [0.5, 0.6) is 0 Å². The average molecular weight is 195 g/mol. The van der Waals surface area contributed by atoms with E-state index in [-0.39, 0.29) is 12.6 Å². The summed E-state index contributed by atoms with van der Waals surface area (Å²) in [5.41, 5.74) is 7.84. The van der Waals surface area contributed by atoms with Gasteiger partial charge in [0.15, 0.2) is 0 Å². The van der Waals surface area contributed by atoms with Gasteiger partial charge in [-0.3, -0.25) is 0 Å². The minimum Gasteiger partial charge on any atom is -0.390 e. The van der Waals surface area contributed by atoms with Crippen LogP contribution in [-0.2, 0) is 19.6 Å². The lowest BCUT2D eigenvalue weighted by Gasteiger charge is -2.18. The molecule has 0 fully saturated rings. The molecule has 0 radical (unpaired) electrons. The van der Waals surface area contributed by atoms with Gasteiger partial charge in [0.2, 0.25) is 0 Å². The summed E-state index contributed by atoms with van der Waals surface area (Å²) in [5, 5.41) is 9.17. The number of fused-ring (bicyclic) bond motifs is 1. The molecular formula is C10H17N3O. The number of nitrogens with two attached hydrogens (primary N) is 1. The highest BCUT2D eigenvalue weighted by Gasteiger charge is 2.20. The average Bonchev–Trinajstić information content (AvgIpc) is 2.56. The van der Waals surface area contributed by atoms with Gasteiger partial charge >= 0.3 is 0 Å². The van der Waals surface area contributed by atoms with E-state index in [9.17, 15) is 5.11 Å². The molecule has 4 nitrogen and oxygen atoms in total. The summed E-state index contributed by atoms with van der Waals surface area (Å²) in [5.74, 6) is 0.920. The fraction of sp³-hybridized carbons (Fsp3) is 0.700. The minimum absolute atomic E-state index is 0.0298. The monoisotopic (exact) mass is 195 g/mol. The van der Waals surface area contributed by atoms with E-state index in [1.165, 1.54) is 18.5 Å². The summed E-state index contributed by atoms with van der Waals surface area (Å²) in [6.07, 6.45) is 3.40. The summed E-state index contributed by atoms with van der Waals surface area (Å²) >= 11 is 0. The van der Waals surface area contributed by atoms with Crippen LogP contribution in [0.4, 0.5) is 0 Å². The number of aliphatic hydroxyl groups is 1. The largest absolute Gasteiger partial charge is 0.390 e. The van der Waals surface area contributed by atoms with Crippen molar-refractivity contribution >= 4 is 0 Å². The van der Waals surface area contributed by atoms with E-state index in [1.54, 1.807) is 0 Å². The molecule has 3 N–H and O–H groups in total. The Balaban J connectivity index is 2.46. The molecule has 0 saturated heterocycles. The Labute approximate surface area is 83.8 Å². The Kier molecular flexibility index (Phi) is 2.56.